The number of nitrogens with two attached hydrogens (primary N) is 1. The summed E-state index contributed by atoms with van der Waals surface area (Å²) in [6.07, 6.45) is 8.71. The second kappa shape index (κ2) is 5.58. The molecule has 2 N–H and O–H groups in total. The van der Waals surface area contributed by atoms with Crippen LogP contribution >= 0.6 is 0 Å². The van der Waals surface area contributed by atoms with Gasteiger partial charge in [0, 0.05) is 31.0 Å². The second-order valence-electron chi connectivity index (χ2n) is 3.50. The van der Waals surface area contributed by atoms with Crippen molar-refractivity contribution in [2.24, 2.45) is 5.73 Å². The van der Waals surface area contributed by atoms with Crippen LogP contribution in [-0.4, -0.2) is 20.3 Å². The smallest absolute Gasteiger partial charge is 0.250 e. The summed E-state index contributed by atoms with van der Waals surface area (Å²) in [7, 11) is 0. The average Bonchev–Trinajstić information content (AvgIpc) is 2.89. The van der Waals surface area contributed by atoms with Gasteiger partial charge < -0.3 is 10.1 Å². The summed E-state index contributed by atoms with van der Waals surface area (Å²) in [5.74, 6) is -0.442. The summed E-state index contributed by atoms with van der Waals surface area (Å²) in [6, 6.07) is 9.21. The zero-order chi connectivity index (χ0) is 12.8. The minimum atomic E-state index is -0.442. The molecular formula is C13H12N4O. The third kappa shape index (κ3) is 2.91. The normalized spacial score (nSPS) is 9.56. The fraction of sp³-hybridized carbons (Fsp3) is 0. The van der Waals surface area contributed by atoms with E-state index in [1.807, 2.05) is 35.0 Å². The van der Waals surface area contributed by atoms with Gasteiger partial charge in [-0.2, -0.15) is 0 Å². The molecule has 0 aliphatic carbocycles. The van der Waals surface area contributed by atoms with E-state index >= 15 is 0 Å². The Labute approximate surface area is 104 Å². The number of nitrogens with zero attached hydrogens (tertiary/aromatic N) is 3. The summed E-state index contributed by atoms with van der Waals surface area (Å²) in [4.78, 5) is 18.2. The SMILES string of the molecule is NC(=O)c1cccnc1.c1ccn2ccnc2c1. The van der Waals surface area contributed by atoms with Crippen LogP contribution in [0.4, 0.5) is 0 Å². The maximum Gasteiger partial charge on any atom is 0.250 e. The van der Waals surface area contributed by atoms with Crippen LogP contribution in [0.15, 0.2) is 61.3 Å². The van der Waals surface area contributed by atoms with Crippen molar-refractivity contribution >= 4 is 11.6 Å². The second-order valence-corrected chi connectivity index (χ2v) is 3.50. The first-order valence-electron chi connectivity index (χ1n) is 5.35. The summed E-state index contributed by atoms with van der Waals surface area (Å²) in [5, 5.41) is 0. The predicted molar refractivity (Wildman–Crippen MR) is 67.9 cm³/mol. The topological polar surface area (TPSA) is 73.3 Å². The molecule has 0 fully saturated rings. The molecule has 3 aromatic rings. The number of fused-ring (bicyclic) bond motifs is 1. The zero-order valence-corrected chi connectivity index (χ0v) is 9.60. The highest BCUT2D eigenvalue weighted by atomic mass is 16.1. The highest BCUT2D eigenvalue weighted by Gasteiger charge is 1.94. The Bertz CT molecular complexity index is 603. The van der Waals surface area contributed by atoms with Crippen molar-refractivity contribution in [1.82, 2.24) is 14.4 Å². The summed E-state index contributed by atoms with van der Waals surface area (Å²) < 4.78 is 1.97. The van der Waals surface area contributed by atoms with Crippen molar-refractivity contribution in [2.75, 3.05) is 0 Å². The maximum absolute atomic E-state index is 10.4. The van der Waals surface area contributed by atoms with Gasteiger partial charge in [-0.3, -0.25) is 9.78 Å². The van der Waals surface area contributed by atoms with Gasteiger partial charge in [0.15, 0.2) is 0 Å². The monoisotopic (exact) mass is 240 g/mol. The Morgan fingerprint density at radius 3 is 2.61 bits per heavy atom. The number of aromatic nitrogens is 3. The largest absolute Gasteiger partial charge is 0.366 e. The van der Waals surface area contributed by atoms with E-state index in [0.717, 1.165) is 5.65 Å². The molecule has 0 spiro atoms. The maximum atomic E-state index is 10.4. The number of carbonyl (C=O) groups excluding carboxylic acids is 1. The molecule has 5 nitrogen and oxygen atoms in total. The standard InChI is InChI=1S/C7H6N2.C6H6N2O/c1-2-5-9-6-4-8-7(9)3-1;7-6(9)5-2-1-3-8-4-5/h1-6H;1-4H,(H2,7,9). The van der Waals surface area contributed by atoms with Crippen LogP contribution in [0.25, 0.3) is 5.65 Å². The lowest BCUT2D eigenvalue weighted by Gasteiger charge is -1.88. The molecule has 3 heterocycles. The highest BCUT2D eigenvalue weighted by Crippen LogP contribution is 1.96. The first-order valence-corrected chi connectivity index (χ1v) is 5.35. The van der Waals surface area contributed by atoms with Gasteiger partial charge in [0.05, 0.1) is 5.56 Å². The number of primary amides is 1. The van der Waals surface area contributed by atoms with Crippen molar-refractivity contribution in [3.8, 4) is 0 Å². The molecular weight excluding hydrogens is 228 g/mol. The number of hydrogen-bond acceptors (Lipinski definition) is 3. The Morgan fingerprint density at radius 2 is 2.00 bits per heavy atom. The molecule has 0 radical (unpaired) electrons. The third-order valence-corrected chi connectivity index (χ3v) is 2.25. The molecule has 5 heteroatoms. The zero-order valence-electron chi connectivity index (χ0n) is 9.60. The molecule has 0 saturated carbocycles. The quantitative estimate of drug-likeness (QED) is 0.700. The molecule has 18 heavy (non-hydrogen) atoms. The van der Waals surface area contributed by atoms with Gasteiger partial charge in [-0.1, -0.05) is 6.07 Å². The lowest BCUT2D eigenvalue weighted by atomic mass is 10.3. The Hall–Kier alpha value is -2.69. The minimum absolute atomic E-state index is 0.442. The van der Waals surface area contributed by atoms with Gasteiger partial charge in [-0.05, 0) is 24.3 Å². The van der Waals surface area contributed by atoms with E-state index in [0.29, 0.717) is 5.56 Å². The van der Waals surface area contributed by atoms with Crippen LogP contribution in [-0.2, 0) is 0 Å². The van der Waals surface area contributed by atoms with E-state index in [9.17, 15) is 4.79 Å². The van der Waals surface area contributed by atoms with E-state index in [1.54, 1.807) is 24.5 Å². The van der Waals surface area contributed by atoms with Crippen molar-refractivity contribution in [1.29, 1.82) is 0 Å². The van der Waals surface area contributed by atoms with Crippen LogP contribution in [0, 0.1) is 0 Å². The van der Waals surface area contributed by atoms with E-state index < -0.39 is 5.91 Å². The van der Waals surface area contributed by atoms with Gasteiger partial charge in [-0.25, -0.2) is 4.98 Å². The molecule has 90 valence electrons. The number of carbonyl (C=O) groups is 1. The van der Waals surface area contributed by atoms with Crippen LogP contribution in [0.1, 0.15) is 10.4 Å². The van der Waals surface area contributed by atoms with Gasteiger partial charge >= 0.3 is 0 Å². The summed E-state index contributed by atoms with van der Waals surface area (Å²) in [6.45, 7) is 0. The molecule has 0 atom stereocenters. The Kier molecular flexibility index (Phi) is 3.66. The van der Waals surface area contributed by atoms with E-state index in [4.69, 9.17) is 5.73 Å². The molecule has 3 aromatic heterocycles. The first kappa shape index (κ1) is 11.8. The van der Waals surface area contributed by atoms with Gasteiger partial charge in [0.2, 0.25) is 5.91 Å². The predicted octanol–water partition coefficient (Wildman–Crippen LogP) is 1.51. The first-order chi connectivity index (χ1) is 8.77. The number of rotatable bonds is 1. The number of hydrogen-bond donors (Lipinski definition) is 1. The number of pyridine rings is 2. The Morgan fingerprint density at radius 1 is 1.11 bits per heavy atom. The molecule has 0 bridgehead atoms. The van der Waals surface area contributed by atoms with E-state index in [-0.39, 0.29) is 0 Å². The van der Waals surface area contributed by atoms with Gasteiger partial charge in [0.1, 0.15) is 5.65 Å². The lowest BCUT2D eigenvalue weighted by Crippen LogP contribution is -2.10. The van der Waals surface area contributed by atoms with Crippen LogP contribution in [0.2, 0.25) is 0 Å². The molecule has 0 aliphatic heterocycles. The van der Waals surface area contributed by atoms with Gasteiger partial charge in [0.25, 0.3) is 0 Å². The van der Waals surface area contributed by atoms with Crippen molar-refractivity contribution in [3.05, 3.63) is 66.9 Å². The van der Waals surface area contributed by atoms with E-state index in [2.05, 4.69) is 9.97 Å². The van der Waals surface area contributed by atoms with Crippen LogP contribution in [0.5, 0.6) is 0 Å². The fourth-order valence-electron chi connectivity index (χ4n) is 1.37. The molecule has 0 aromatic carbocycles. The highest BCUT2D eigenvalue weighted by molar-refractivity contribution is 5.92. The third-order valence-electron chi connectivity index (χ3n) is 2.25. The minimum Gasteiger partial charge on any atom is -0.366 e. The Balaban J connectivity index is 0.000000134. The average molecular weight is 240 g/mol. The van der Waals surface area contributed by atoms with Crippen LogP contribution < -0.4 is 5.73 Å². The fourth-order valence-corrected chi connectivity index (χ4v) is 1.37. The summed E-state index contributed by atoms with van der Waals surface area (Å²) in [5.41, 5.74) is 6.37. The molecule has 3 rings (SSSR count). The van der Waals surface area contributed by atoms with Crippen molar-refractivity contribution in [2.45, 2.75) is 0 Å². The van der Waals surface area contributed by atoms with Gasteiger partial charge in [-0.15, -0.1) is 0 Å². The molecule has 0 aliphatic rings. The number of imidazole rings is 1. The number of amides is 1. The summed E-state index contributed by atoms with van der Waals surface area (Å²) >= 11 is 0. The van der Waals surface area contributed by atoms with Crippen molar-refractivity contribution < 1.29 is 4.79 Å². The van der Waals surface area contributed by atoms with Crippen molar-refractivity contribution in [3.63, 3.8) is 0 Å². The van der Waals surface area contributed by atoms with Crippen LogP contribution in [0.3, 0.4) is 0 Å². The lowest BCUT2D eigenvalue weighted by molar-refractivity contribution is 0.1000. The van der Waals surface area contributed by atoms with E-state index in [1.165, 1.54) is 6.20 Å². The molecule has 0 unspecified atom stereocenters. The molecule has 0 saturated heterocycles. The molecule has 1 amide bonds.